The predicted octanol–water partition coefficient (Wildman–Crippen LogP) is 2.50. The summed E-state index contributed by atoms with van der Waals surface area (Å²) in [5.41, 5.74) is 0.778. The molecule has 0 amide bonds. The molecule has 1 aromatic heterocycles. The minimum atomic E-state index is -0.389. The van der Waals surface area contributed by atoms with Crippen molar-refractivity contribution in [2.75, 3.05) is 0 Å². The lowest BCUT2D eigenvalue weighted by Gasteiger charge is -2.04. The van der Waals surface area contributed by atoms with Gasteiger partial charge in [-0.3, -0.25) is 0 Å². The molecule has 0 bridgehead atoms. The molecule has 1 aliphatic carbocycles. The largest absolute Gasteiger partial charge is 0.414 e. The van der Waals surface area contributed by atoms with Crippen LogP contribution >= 0.6 is 0 Å². The van der Waals surface area contributed by atoms with Crippen LogP contribution in [0.1, 0.15) is 31.4 Å². The molecule has 0 saturated carbocycles. The van der Waals surface area contributed by atoms with Crippen molar-refractivity contribution in [2.45, 2.75) is 25.7 Å². The zero-order valence-electron chi connectivity index (χ0n) is 9.45. The molecule has 0 fully saturated rings. The Hall–Kier alpha value is -2.19. The van der Waals surface area contributed by atoms with E-state index in [2.05, 4.69) is 29.8 Å². The molecular formula is C15H12O2. The van der Waals surface area contributed by atoms with Gasteiger partial charge in [0.05, 0.1) is 0 Å². The smallest absolute Gasteiger partial charge is 0.336 e. The van der Waals surface area contributed by atoms with Crippen molar-refractivity contribution >= 4 is 0 Å². The van der Waals surface area contributed by atoms with Gasteiger partial charge in [0.1, 0.15) is 0 Å². The Bertz CT molecular complexity index is 597. The highest BCUT2D eigenvalue weighted by Crippen LogP contribution is 2.15. The van der Waals surface area contributed by atoms with Crippen LogP contribution in [0.3, 0.4) is 0 Å². The molecule has 2 heteroatoms. The summed E-state index contributed by atoms with van der Waals surface area (Å²) in [5.74, 6) is 11.6. The van der Waals surface area contributed by atoms with Crippen LogP contribution in [0.15, 0.2) is 39.1 Å². The quantitative estimate of drug-likeness (QED) is 0.634. The van der Waals surface area contributed by atoms with Gasteiger partial charge in [-0.15, -0.1) is 0 Å². The maximum atomic E-state index is 10.9. The summed E-state index contributed by atoms with van der Waals surface area (Å²) in [7, 11) is 0. The summed E-state index contributed by atoms with van der Waals surface area (Å²) in [5, 5.41) is 0. The molecule has 0 atom stereocenters. The molecule has 2 rings (SSSR count). The number of hydrogen-bond donors (Lipinski definition) is 0. The second-order valence-electron chi connectivity index (χ2n) is 3.79. The fourth-order valence-corrected chi connectivity index (χ4v) is 1.61. The monoisotopic (exact) mass is 224 g/mol. The second kappa shape index (κ2) is 5.77. The fourth-order valence-electron chi connectivity index (χ4n) is 1.61. The van der Waals surface area contributed by atoms with Crippen molar-refractivity contribution in [3.05, 3.63) is 46.0 Å². The van der Waals surface area contributed by atoms with E-state index in [-0.39, 0.29) is 5.63 Å². The minimum absolute atomic E-state index is 0.351. The van der Waals surface area contributed by atoms with Gasteiger partial charge in [0.25, 0.3) is 0 Å². The first-order valence-corrected chi connectivity index (χ1v) is 5.66. The van der Waals surface area contributed by atoms with Crippen LogP contribution in [0.4, 0.5) is 0 Å². The van der Waals surface area contributed by atoms with Crippen LogP contribution in [-0.2, 0) is 0 Å². The molecule has 0 radical (unpaired) electrons. The van der Waals surface area contributed by atoms with Gasteiger partial charge in [0, 0.05) is 6.07 Å². The van der Waals surface area contributed by atoms with Gasteiger partial charge in [-0.2, -0.15) is 0 Å². The van der Waals surface area contributed by atoms with Gasteiger partial charge >= 0.3 is 5.63 Å². The third kappa shape index (κ3) is 3.70. The Morgan fingerprint density at radius 2 is 2.00 bits per heavy atom. The summed E-state index contributed by atoms with van der Waals surface area (Å²) < 4.78 is 4.86. The molecule has 0 saturated heterocycles. The first-order chi connectivity index (χ1) is 8.34. The highest BCUT2D eigenvalue weighted by molar-refractivity contribution is 5.40. The fraction of sp³-hybridized carbons (Fsp3) is 0.267. The van der Waals surface area contributed by atoms with Crippen LogP contribution in [0, 0.1) is 23.7 Å². The lowest BCUT2D eigenvalue weighted by Crippen LogP contribution is -1.94. The van der Waals surface area contributed by atoms with E-state index in [9.17, 15) is 4.79 Å². The first kappa shape index (κ1) is 11.3. The van der Waals surface area contributed by atoms with E-state index in [0.717, 1.165) is 12.8 Å². The lowest BCUT2D eigenvalue weighted by molar-refractivity contribution is 0.499. The molecule has 0 unspecified atom stereocenters. The van der Waals surface area contributed by atoms with Crippen molar-refractivity contribution in [1.82, 2.24) is 0 Å². The molecule has 0 aliphatic heterocycles. The van der Waals surface area contributed by atoms with Crippen molar-refractivity contribution in [1.29, 1.82) is 0 Å². The molecular weight excluding hydrogens is 212 g/mol. The minimum Gasteiger partial charge on any atom is -0.414 e. The molecule has 0 N–H and O–H groups in total. The highest BCUT2D eigenvalue weighted by Gasteiger charge is 1.98. The van der Waals surface area contributed by atoms with Gasteiger partial charge in [0.2, 0.25) is 0 Å². The predicted molar refractivity (Wildman–Crippen MR) is 66.2 cm³/mol. The molecule has 1 aromatic rings. The van der Waals surface area contributed by atoms with Crippen molar-refractivity contribution in [3.8, 4) is 23.7 Å². The summed E-state index contributed by atoms with van der Waals surface area (Å²) in [6, 6.07) is 4.62. The first-order valence-electron chi connectivity index (χ1n) is 5.66. The standard InChI is InChI=1S/C15H12O2/c16-15-12-6-11-14(17-15)10-5-4-9-13-7-2-1-3-8-13/h6-7,11-12H,1-3,8H2. The van der Waals surface area contributed by atoms with E-state index in [4.69, 9.17) is 4.42 Å². The Kier molecular flexibility index (Phi) is 3.84. The van der Waals surface area contributed by atoms with Crippen LogP contribution in [0.5, 0.6) is 0 Å². The van der Waals surface area contributed by atoms with Crippen LogP contribution in [0.2, 0.25) is 0 Å². The van der Waals surface area contributed by atoms with Gasteiger partial charge in [-0.25, -0.2) is 4.79 Å². The highest BCUT2D eigenvalue weighted by atomic mass is 16.4. The van der Waals surface area contributed by atoms with Crippen LogP contribution in [-0.4, -0.2) is 0 Å². The van der Waals surface area contributed by atoms with E-state index < -0.39 is 0 Å². The summed E-state index contributed by atoms with van der Waals surface area (Å²) in [6.45, 7) is 0. The Morgan fingerprint density at radius 3 is 2.76 bits per heavy atom. The molecule has 1 aliphatic rings. The summed E-state index contributed by atoms with van der Waals surface area (Å²) in [4.78, 5) is 10.9. The van der Waals surface area contributed by atoms with E-state index in [1.807, 2.05) is 0 Å². The average Bonchev–Trinajstić information content (AvgIpc) is 2.36. The second-order valence-corrected chi connectivity index (χ2v) is 3.79. The number of rotatable bonds is 0. The molecule has 0 spiro atoms. The van der Waals surface area contributed by atoms with Crippen molar-refractivity contribution < 1.29 is 4.42 Å². The van der Waals surface area contributed by atoms with E-state index in [1.54, 1.807) is 12.1 Å². The van der Waals surface area contributed by atoms with Gasteiger partial charge < -0.3 is 4.42 Å². The molecule has 2 nitrogen and oxygen atoms in total. The Balaban J connectivity index is 2.06. The number of hydrogen-bond acceptors (Lipinski definition) is 2. The Morgan fingerprint density at radius 1 is 1.12 bits per heavy atom. The normalized spacial score (nSPS) is 13.8. The van der Waals surface area contributed by atoms with E-state index in [1.165, 1.54) is 24.5 Å². The number of allylic oxidation sites excluding steroid dienone is 2. The third-order valence-corrected chi connectivity index (χ3v) is 2.45. The molecule has 1 heterocycles. The average molecular weight is 224 g/mol. The Labute approximate surface area is 100 Å². The zero-order chi connectivity index (χ0) is 11.9. The SMILES string of the molecule is O=c1cccc(C#CC#CC2=CCCCC2)o1. The van der Waals surface area contributed by atoms with Crippen molar-refractivity contribution in [3.63, 3.8) is 0 Å². The van der Waals surface area contributed by atoms with Gasteiger partial charge in [-0.05, 0) is 55.1 Å². The van der Waals surface area contributed by atoms with E-state index in [0.29, 0.717) is 5.76 Å². The van der Waals surface area contributed by atoms with Gasteiger partial charge in [-0.1, -0.05) is 18.1 Å². The molecule has 0 aromatic carbocycles. The van der Waals surface area contributed by atoms with E-state index >= 15 is 0 Å². The lowest BCUT2D eigenvalue weighted by atomic mass is 10.0. The topological polar surface area (TPSA) is 30.2 Å². The maximum absolute atomic E-state index is 10.9. The zero-order valence-corrected chi connectivity index (χ0v) is 9.45. The van der Waals surface area contributed by atoms with Crippen LogP contribution < -0.4 is 5.63 Å². The van der Waals surface area contributed by atoms with Crippen molar-refractivity contribution in [2.24, 2.45) is 0 Å². The van der Waals surface area contributed by atoms with Crippen LogP contribution in [0.25, 0.3) is 0 Å². The summed E-state index contributed by atoms with van der Waals surface area (Å²) in [6.07, 6.45) is 6.80. The molecule has 17 heavy (non-hydrogen) atoms. The van der Waals surface area contributed by atoms with Gasteiger partial charge in [0.15, 0.2) is 5.76 Å². The third-order valence-electron chi connectivity index (χ3n) is 2.45. The molecule has 84 valence electrons. The maximum Gasteiger partial charge on any atom is 0.336 e. The summed E-state index contributed by atoms with van der Waals surface area (Å²) >= 11 is 0.